The predicted molar refractivity (Wildman–Crippen MR) is 89.9 cm³/mol. The van der Waals surface area contributed by atoms with Gasteiger partial charge in [0.25, 0.3) is 5.91 Å². The largest absolute Gasteiger partial charge is 0.459 e. The molecule has 2 aromatic rings. The maximum absolute atomic E-state index is 12.7. The van der Waals surface area contributed by atoms with Crippen molar-refractivity contribution in [3.8, 4) is 0 Å². The minimum atomic E-state index is -0.434. The monoisotopic (exact) mass is 324 g/mol. The number of carbonyl (C=O) groups is 2. The summed E-state index contributed by atoms with van der Waals surface area (Å²) < 4.78 is 5.18. The van der Waals surface area contributed by atoms with Crippen molar-refractivity contribution in [2.45, 2.75) is 38.1 Å². The number of aryl methyl sites for hydroxylation is 2. The van der Waals surface area contributed by atoms with Crippen LogP contribution in [-0.2, 0) is 17.6 Å². The molecule has 2 amide bonds. The molecular weight excluding hydrogens is 304 g/mol. The van der Waals surface area contributed by atoms with E-state index < -0.39 is 6.04 Å². The number of furan rings is 1. The molecule has 1 N–H and O–H groups in total. The van der Waals surface area contributed by atoms with Crippen LogP contribution >= 0.6 is 0 Å². The highest BCUT2D eigenvalue weighted by molar-refractivity contribution is 6.00. The second-order valence-electron chi connectivity index (χ2n) is 6.46. The van der Waals surface area contributed by atoms with Crippen LogP contribution in [0.4, 0.5) is 5.69 Å². The van der Waals surface area contributed by atoms with Crippen molar-refractivity contribution in [1.82, 2.24) is 4.90 Å². The fraction of sp³-hybridized carbons (Fsp3) is 0.368. The van der Waals surface area contributed by atoms with Crippen molar-refractivity contribution in [3.63, 3.8) is 0 Å². The number of nitrogens with one attached hydrogen (secondary N) is 1. The van der Waals surface area contributed by atoms with E-state index in [9.17, 15) is 9.59 Å². The van der Waals surface area contributed by atoms with Gasteiger partial charge in [-0.1, -0.05) is 6.07 Å². The first-order chi connectivity index (χ1) is 11.7. The summed E-state index contributed by atoms with van der Waals surface area (Å²) in [7, 11) is 0. The minimum Gasteiger partial charge on any atom is -0.459 e. The standard InChI is InChI=1S/C19H20N2O3/c22-18(20-15-9-8-13-4-1-5-14(13)12-15)16-6-2-10-21(16)19(23)17-7-3-11-24-17/h3,7-9,11-12,16H,1-2,4-6,10H2,(H,20,22)/t16-/m1/s1. The maximum atomic E-state index is 12.7. The van der Waals surface area contributed by atoms with Gasteiger partial charge in [-0.05, 0) is 67.5 Å². The number of hydrogen-bond acceptors (Lipinski definition) is 3. The number of anilines is 1. The Bertz CT molecular complexity index is 767. The molecule has 1 aliphatic heterocycles. The number of likely N-dealkylation sites (tertiary alicyclic amines) is 1. The second kappa shape index (κ2) is 6.15. The van der Waals surface area contributed by atoms with Gasteiger partial charge in [0.1, 0.15) is 6.04 Å². The molecule has 0 spiro atoms. The quantitative estimate of drug-likeness (QED) is 0.944. The molecule has 124 valence electrons. The van der Waals surface area contributed by atoms with E-state index in [1.165, 1.54) is 23.8 Å². The Balaban J connectivity index is 1.48. The van der Waals surface area contributed by atoms with Crippen LogP contribution in [0.15, 0.2) is 41.0 Å². The van der Waals surface area contributed by atoms with Crippen molar-refractivity contribution in [1.29, 1.82) is 0 Å². The Morgan fingerprint density at radius 1 is 1.12 bits per heavy atom. The van der Waals surface area contributed by atoms with Gasteiger partial charge in [0.2, 0.25) is 5.91 Å². The van der Waals surface area contributed by atoms with Crippen LogP contribution in [0.3, 0.4) is 0 Å². The summed E-state index contributed by atoms with van der Waals surface area (Å²) >= 11 is 0. The zero-order valence-corrected chi connectivity index (χ0v) is 13.5. The number of benzene rings is 1. The van der Waals surface area contributed by atoms with Crippen molar-refractivity contribution in [3.05, 3.63) is 53.5 Å². The highest BCUT2D eigenvalue weighted by atomic mass is 16.3. The van der Waals surface area contributed by atoms with E-state index in [0.717, 1.165) is 24.9 Å². The molecule has 0 unspecified atom stereocenters. The van der Waals surface area contributed by atoms with Crippen LogP contribution < -0.4 is 5.32 Å². The summed E-state index contributed by atoms with van der Waals surface area (Å²) in [5.74, 6) is -0.0517. The zero-order valence-electron chi connectivity index (χ0n) is 13.5. The van der Waals surface area contributed by atoms with Gasteiger partial charge in [-0.25, -0.2) is 0 Å². The lowest BCUT2D eigenvalue weighted by Crippen LogP contribution is -2.43. The van der Waals surface area contributed by atoms with Crippen LogP contribution in [0.25, 0.3) is 0 Å². The SMILES string of the molecule is O=C(Nc1ccc2c(c1)CCC2)[C@H]1CCCN1C(=O)c1ccco1. The normalized spacial score (nSPS) is 19.3. The van der Waals surface area contributed by atoms with Gasteiger partial charge in [0.05, 0.1) is 6.26 Å². The Hall–Kier alpha value is -2.56. The number of hydrogen-bond donors (Lipinski definition) is 1. The molecule has 4 rings (SSSR count). The summed E-state index contributed by atoms with van der Waals surface area (Å²) in [5.41, 5.74) is 3.52. The number of rotatable bonds is 3. The van der Waals surface area contributed by atoms with E-state index in [1.807, 2.05) is 6.07 Å². The van der Waals surface area contributed by atoms with Crippen molar-refractivity contribution >= 4 is 17.5 Å². The number of carbonyl (C=O) groups excluding carboxylic acids is 2. The summed E-state index contributed by atoms with van der Waals surface area (Å²) in [4.78, 5) is 26.8. The van der Waals surface area contributed by atoms with Crippen molar-refractivity contribution in [2.75, 3.05) is 11.9 Å². The Labute approximate surface area is 140 Å². The molecule has 1 aliphatic carbocycles. The highest BCUT2D eigenvalue weighted by Crippen LogP contribution is 2.26. The van der Waals surface area contributed by atoms with Crippen molar-refractivity contribution < 1.29 is 14.0 Å². The first-order valence-electron chi connectivity index (χ1n) is 8.49. The third kappa shape index (κ3) is 2.70. The summed E-state index contributed by atoms with van der Waals surface area (Å²) in [6, 6.07) is 9.00. The first kappa shape index (κ1) is 15.0. The molecule has 5 heteroatoms. The fourth-order valence-electron chi connectivity index (χ4n) is 3.70. The average molecular weight is 324 g/mol. The van der Waals surface area contributed by atoms with Crippen LogP contribution in [0.2, 0.25) is 0 Å². The van der Waals surface area contributed by atoms with Crippen LogP contribution in [0.1, 0.15) is 40.9 Å². The molecule has 24 heavy (non-hydrogen) atoms. The molecule has 1 aromatic heterocycles. The molecule has 1 aromatic carbocycles. The van der Waals surface area contributed by atoms with Gasteiger partial charge >= 0.3 is 0 Å². The van der Waals surface area contributed by atoms with Gasteiger partial charge in [0, 0.05) is 12.2 Å². The Morgan fingerprint density at radius 3 is 2.83 bits per heavy atom. The third-order valence-corrected chi connectivity index (χ3v) is 4.91. The summed E-state index contributed by atoms with van der Waals surface area (Å²) in [6.45, 7) is 0.585. The molecule has 0 radical (unpaired) electrons. The van der Waals surface area contributed by atoms with Gasteiger partial charge < -0.3 is 14.6 Å². The second-order valence-corrected chi connectivity index (χ2v) is 6.46. The van der Waals surface area contributed by atoms with Crippen LogP contribution in [0.5, 0.6) is 0 Å². The molecule has 1 saturated heterocycles. The molecule has 2 aliphatic rings. The Kier molecular flexibility index (Phi) is 3.84. The molecule has 1 fully saturated rings. The molecule has 2 heterocycles. The topological polar surface area (TPSA) is 62.6 Å². The lowest BCUT2D eigenvalue weighted by molar-refractivity contribution is -0.119. The van der Waals surface area contributed by atoms with Gasteiger partial charge in [-0.2, -0.15) is 0 Å². The van der Waals surface area contributed by atoms with E-state index in [1.54, 1.807) is 17.0 Å². The van der Waals surface area contributed by atoms with E-state index in [-0.39, 0.29) is 17.6 Å². The first-order valence-corrected chi connectivity index (χ1v) is 8.49. The number of amides is 2. The number of fused-ring (bicyclic) bond motifs is 1. The van der Waals surface area contributed by atoms with Crippen molar-refractivity contribution in [2.24, 2.45) is 0 Å². The third-order valence-electron chi connectivity index (χ3n) is 4.91. The lowest BCUT2D eigenvalue weighted by Gasteiger charge is -2.23. The fourth-order valence-corrected chi connectivity index (χ4v) is 3.70. The molecule has 1 atom stereocenters. The average Bonchev–Trinajstić information content (AvgIpc) is 3.33. The zero-order chi connectivity index (χ0) is 16.5. The molecule has 0 bridgehead atoms. The predicted octanol–water partition coefficient (Wildman–Crippen LogP) is 3.01. The van der Waals surface area contributed by atoms with E-state index in [0.29, 0.717) is 13.0 Å². The maximum Gasteiger partial charge on any atom is 0.290 e. The van der Waals surface area contributed by atoms with Crippen LogP contribution in [0, 0.1) is 0 Å². The number of nitrogens with zero attached hydrogens (tertiary/aromatic N) is 1. The van der Waals surface area contributed by atoms with Gasteiger partial charge in [0.15, 0.2) is 5.76 Å². The highest BCUT2D eigenvalue weighted by Gasteiger charge is 2.35. The molecule has 5 nitrogen and oxygen atoms in total. The van der Waals surface area contributed by atoms with Crippen LogP contribution in [-0.4, -0.2) is 29.3 Å². The summed E-state index contributed by atoms with van der Waals surface area (Å²) in [6.07, 6.45) is 6.37. The van der Waals surface area contributed by atoms with Gasteiger partial charge in [-0.15, -0.1) is 0 Å². The molecular formula is C19H20N2O3. The van der Waals surface area contributed by atoms with E-state index >= 15 is 0 Å². The summed E-state index contributed by atoms with van der Waals surface area (Å²) in [5, 5.41) is 2.98. The smallest absolute Gasteiger partial charge is 0.290 e. The van der Waals surface area contributed by atoms with E-state index in [4.69, 9.17) is 4.42 Å². The lowest BCUT2D eigenvalue weighted by atomic mass is 10.1. The van der Waals surface area contributed by atoms with Gasteiger partial charge in [-0.3, -0.25) is 9.59 Å². The van der Waals surface area contributed by atoms with E-state index in [2.05, 4.69) is 17.4 Å². The molecule has 0 saturated carbocycles. The Morgan fingerprint density at radius 2 is 2.00 bits per heavy atom. The minimum absolute atomic E-state index is 0.120.